The second kappa shape index (κ2) is 6.54. The average molecular weight is 381 g/mol. The Morgan fingerprint density at radius 2 is 2.21 bits per heavy atom. The second-order valence-corrected chi connectivity index (χ2v) is 7.50. The molecule has 1 amide bonds. The molecule has 3 heterocycles. The number of halogens is 1. The van der Waals surface area contributed by atoms with Gasteiger partial charge in [-0.25, -0.2) is 4.39 Å². The van der Waals surface area contributed by atoms with Gasteiger partial charge in [0.25, 0.3) is 5.89 Å². The van der Waals surface area contributed by atoms with Crippen LogP contribution >= 0.6 is 0 Å². The van der Waals surface area contributed by atoms with E-state index in [1.807, 2.05) is 11.7 Å². The number of amides is 1. The largest absolute Gasteiger partial charge is 0.338 e. The van der Waals surface area contributed by atoms with Gasteiger partial charge in [0.05, 0.1) is 6.42 Å². The first-order chi connectivity index (χ1) is 13.6. The van der Waals surface area contributed by atoms with Gasteiger partial charge in [-0.05, 0) is 30.5 Å². The van der Waals surface area contributed by atoms with E-state index in [0.717, 1.165) is 29.9 Å². The molecule has 1 saturated carbocycles. The molecule has 7 nitrogen and oxygen atoms in total. The molecule has 3 aromatic rings. The quantitative estimate of drug-likeness (QED) is 0.694. The zero-order valence-corrected chi connectivity index (χ0v) is 15.6. The molecule has 1 fully saturated rings. The fraction of sp³-hybridized carbons (Fsp3) is 0.400. The van der Waals surface area contributed by atoms with E-state index in [1.165, 1.54) is 12.1 Å². The van der Waals surface area contributed by atoms with E-state index < -0.39 is 0 Å². The van der Waals surface area contributed by atoms with Crippen molar-refractivity contribution in [2.45, 2.75) is 38.1 Å². The summed E-state index contributed by atoms with van der Waals surface area (Å²) in [6, 6.07) is 6.17. The fourth-order valence-corrected chi connectivity index (χ4v) is 3.75. The van der Waals surface area contributed by atoms with Gasteiger partial charge < -0.3 is 9.42 Å². The van der Waals surface area contributed by atoms with E-state index in [4.69, 9.17) is 4.52 Å². The maximum absolute atomic E-state index is 13.4. The minimum Gasteiger partial charge on any atom is -0.338 e. The van der Waals surface area contributed by atoms with Crippen LogP contribution in [0.15, 0.2) is 28.8 Å². The van der Waals surface area contributed by atoms with Crippen molar-refractivity contribution in [1.82, 2.24) is 24.8 Å². The lowest BCUT2D eigenvalue weighted by molar-refractivity contribution is -0.131. The number of hydrogen-bond acceptors (Lipinski definition) is 5. The summed E-state index contributed by atoms with van der Waals surface area (Å²) in [5, 5.41) is 8.66. The van der Waals surface area contributed by atoms with Crippen LogP contribution in [-0.4, -0.2) is 37.3 Å². The SMILES string of the molecule is Cn1nc(-c2nc(C3CC3)no2)c2c1CCN(C(=O)Cc1cccc(F)c1)C2. The van der Waals surface area contributed by atoms with Gasteiger partial charge in [-0.2, -0.15) is 10.1 Å². The molecule has 0 bridgehead atoms. The molecule has 0 radical (unpaired) electrons. The van der Waals surface area contributed by atoms with Crippen LogP contribution in [0.4, 0.5) is 4.39 Å². The average Bonchev–Trinajstić information content (AvgIpc) is 3.33. The number of nitrogens with zero attached hydrogens (tertiary/aromatic N) is 5. The van der Waals surface area contributed by atoms with Crippen LogP contribution < -0.4 is 0 Å². The molecule has 0 unspecified atom stereocenters. The van der Waals surface area contributed by atoms with Crippen molar-refractivity contribution in [2.75, 3.05) is 6.54 Å². The molecule has 8 heteroatoms. The topological polar surface area (TPSA) is 77.1 Å². The van der Waals surface area contributed by atoms with Gasteiger partial charge in [-0.1, -0.05) is 17.3 Å². The summed E-state index contributed by atoms with van der Waals surface area (Å²) >= 11 is 0. The molecule has 0 atom stereocenters. The summed E-state index contributed by atoms with van der Waals surface area (Å²) in [6.07, 6.45) is 3.08. The lowest BCUT2D eigenvalue weighted by Crippen LogP contribution is -2.37. The minimum atomic E-state index is -0.330. The first-order valence-corrected chi connectivity index (χ1v) is 9.49. The number of fused-ring (bicyclic) bond motifs is 1. The van der Waals surface area contributed by atoms with Gasteiger partial charge >= 0.3 is 0 Å². The second-order valence-electron chi connectivity index (χ2n) is 7.50. The number of carbonyl (C=O) groups is 1. The van der Waals surface area contributed by atoms with Crippen molar-refractivity contribution in [2.24, 2.45) is 7.05 Å². The molecule has 2 aliphatic rings. The van der Waals surface area contributed by atoms with Crippen molar-refractivity contribution in [3.63, 3.8) is 0 Å². The van der Waals surface area contributed by atoms with Crippen molar-refractivity contribution >= 4 is 5.91 Å². The van der Waals surface area contributed by atoms with E-state index in [-0.39, 0.29) is 18.1 Å². The Labute approximate surface area is 161 Å². The highest BCUT2D eigenvalue weighted by Crippen LogP contribution is 2.39. The molecule has 144 valence electrons. The van der Waals surface area contributed by atoms with Crippen molar-refractivity contribution < 1.29 is 13.7 Å². The van der Waals surface area contributed by atoms with Gasteiger partial charge in [0.1, 0.15) is 5.82 Å². The van der Waals surface area contributed by atoms with Crippen LogP contribution in [0.25, 0.3) is 11.6 Å². The molecule has 0 N–H and O–H groups in total. The zero-order valence-electron chi connectivity index (χ0n) is 15.6. The monoisotopic (exact) mass is 381 g/mol. The lowest BCUT2D eigenvalue weighted by atomic mass is 10.0. The third-order valence-electron chi connectivity index (χ3n) is 5.43. The fourth-order valence-electron chi connectivity index (χ4n) is 3.75. The zero-order chi connectivity index (χ0) is 19.3. The number of carbonyl (C=O) groups excluding carboxylic acids is 1. The maximum atomic E-state index is 13.4. The minimum absolute atomic E-state index is 0.0322. The van der Waals surface area contributed by atoms with Crippen molar-refractivity contribution in [3.8, 4) is 11.6 Å². The van der Waals surface area contributed by atoms with Gasteiger partial charge in [0.15, 0.2) is 11.5 Å². The summed E-state index contributed by atoms with van der Waals surface area (Å²) in [6.45, 7) is 1.05. The predicted molar refractivity (Wildman–Crippen MR) is 97.7 cm³/mol. The molecule has 5 rings (SSSR count). The molecule has 1 aromatic carbocycles. The van der Waals surface area contributed by atoms with Crippen molar-refractivity contribution in [3.05, 3.63) is 52.7 Å². The van der Waals surface area contributed by atoms with Crippen LogP contribution in [-0.2, 0) is 31.2 Å². The summed E-state index contributed by atoms with van der Waals surface area (Å²) in [4.78, 5) is 19.1. The predicted octanol–water partition coefficient (Wildman–Crippen LogP) is 2.61. The number of rotatable bonds is 4. The Bertz CT molecular complexity index is 1050. The smallest absolute Gasteiger partial charge is 0.278 e. The van der Waals surface area contributed by atoms with E-state index >= 15 is 0 Å². The van der Waals surface area contributed by atoms with Gasteiger partial charge in [0.2, 0.25) is 5.91 Å². The Morgan fingerprint density at radius 3 is 3.00 bits per heavy atom. The van der Waals surface area contributed by atoms with Crippen LogP contribution in [0.3, 0.4) is 0 Å². The third-order valence-corrected chi connectivity index (χ3v) is 5.43. The highest BCUT2D eigenvalue weighted by Gasteiger charge is 2.32. The van der Waals surface area contributed by atoms with Crippen LogP contribution in [0.5, 0.6) is 0 Å². The van der Waals surface area contributed by atoms with Gasteiger partial charge in [-0.15, -0.1) is 0 Å². The van der Waals surface area contributed by atoms with E-state index in [1.54, 1.807) is 17.0 Å². The van der Waals surface area contributed by atoms with Crippen LogP contribution in [0.1, 0.15) is 41.4 Å². The first kappa shape index (κ1) is 17.1. The molecular weight excluding hydrogens is 361 g/mol. The Balaban J connectivity index is 1.39. The number of aromatic nitrogens is 4. The molecule has 2 aromatic heterocycles. The van der Waals surface area contributed by atoms with Gasteiger partial charge in [0, 0.05) is 43.7 Å². The van der Waals surface area contributed by atoms with E-state index in [9.17, 15) is 9.18 Å². The summed E-state index contributed by atoms with van der Waals surface area (Å²) < 4.78 is 20.7. The van der Waals surface area contributed by atoms with Crippen LogP contribution in [0, 0.1) is 5.82 Å². The molecule has 0 saturated heterocycles. The highest BCUT2D eigenvalue weighted by atomic mass is 19.1. The summed E-state index contributed by atoms with van der Waals surface area (Å²) in [5.74, 6) is 1.20. The van der Waals surface area contributed by atoms with Crippen LogP contribution in [0.2, 0.25) is 0 Å². The standard InChI is InChI=1S/C20H20FN5O2/c1-25-16-7-8-26(17(27)10-12-3-2-4-14(21)9-12)11-15(16)18(23-25)20-22-19(24-28-20)13-5-6-13/h2-4,9,13H,5-8,10-11H2,1H3. The maximum Gasteiger partial charge on any atom is 0.278 e. The number of hydrogen-bond donors (Lipinski definition) is 0. The molecule has 1 aliphatic heterocycles. The normalized spacial score (nSPS) is 16.3. The van der Waals surface area contributed by atoms with E-state index in [2.05, 4.69) is 15.2 Å². The molecular formula is C20H20FN5O2. The third kappa shape index (κ3) is 3.08. The number of aryl methyl sites for hydroxylation is 1. The molecule has 28 heavy (non-hydrogen) atoms. The van der Waals surface area contributed by atoms with Gasteiger partial charge in [-0.3, -0.25) is 9.48 Å². The summed E-state index contributed by atoms with van der Waals surface area (Å²) in [7, 11) is 1.89. The first-order valence-electron chi connectivity index (χ1n) is 9.49. The van der Waals surface area contributed by atoms with E-state index in [0.29, 0.717) is 42.6 Å². The number of benzene rings is 1. The Hall–Kier alpha value is -3.03. The molecule has 0 spiro atoms. The molecule has 1 aliphatic carbocycles. The Kier molecular flexibility index (Phi) is 3.99. The van der Waals surface area contributed by atoms with Crippen molar-refractivity contribution in [1.29, 1.82) is 0 Å². The Morgan fingerprint density at radius 1 is 1.36 bits per heavy atom. The summed E-state index contributed by atoms with van der Waals surface area (Å²) in [5.41, 5.74) is 3.36. The lowest BCUT2D eigenvalue weighted by Gasteiger charge is -2.27. The highest BCUT2D eigenvalue weighted by molar-refractivity contribution is 5.79.